The third-order valence-electron chi connectivity index (χ3n) is 4.81. The zero-order valence-electron chi connectivity index (χ0n) is 19.1. The number of hydrazone groups is 1. The molecule has 0 atom stereocenters. The van der Waals surface area contributed by atoms with Crippen LogP contribution in [0.5, 0.6) is 17.2 Å². The molecule has 0 fully saturated rings. The summed E-state index contributed by atoms with van der Waals surface area (Å²) in [6.07, 6.45) is 1.43. The fourth-order valence-electron chi connectivity index (χ4n) is 3.23. The van der Waals surface area contributed by atoms with Crippen LogP contribution in [0, 0.1) is 0 Å². The number of benzene rings is 2. The highest BCUT2D eigenvalue weighted by Gasteiger charge is 2.25. The molecule has 0 bridgehead atoms. The molecule has 4 rings (SSSR count). The predicted molar refractivity (Wildman–Crippen MR) is 125 cm³/mol. The summed E-state index contributed by atoms with van der Waals surface area (Å²) in [7, 11) is 3.08. The zero-order chi connectivity index (χ0) is 24.8. The van der Waals surface area contributed by atoms with Gasteiger partial charge >= 0.3 is 0 Å². The lowest BCUT2D eigenvalue weighted by Crippen LogP contribution is -2.19. The molecule has 13 nitrogen and oxygen atoms in total. The molecule has 35 heavy (non-hydrogen) atoms. The number of aromatic nitrogens is 5. The summed E-state index contributed by atoms with van der Waals surface area (Å²) in [5.74, 6) is 1.19. The minimum atomic E-state index is -0.624. The minimum absolute atomic E-state index is 0.0211. The lowest BCUT2D eigenvalue weighted by molar-refractivity contribution is 0.0950. The Bertz CT molecular complexity index is 1360. The summed E-state index contributed by atoms with van der Waals surface area (Å²) >= 11 is 0. The van der Waals surface area contributed by atoms with E-state index in [9.17, 15) is 4.79 Å². The number of nitrogens with zero attached hydrogens (tertiary/aromatic N) is 6. The number of carbonyl (C=O) groups is 1. The van der Waals surface area contributed by atoms with Gasteiger partial charge in [0, 0.05) is 11.1 Å². The van der Waals surface area contributed by atoms with Crippen molar-refractivity contribution in [3.05, 3.63) is 53.7 Å². The van der Waals surface area contributed by atoms with Crippen molar-refractivity contribution >= 4 is 17.9 Å². The number of anilines is 1. The molecule has 0 aliphatic carbocycles. The van der Waals surface area contributed by atoms with Crippen LogP contribution in [0.2, 0.25) is 0 Å². The predicted octanol–water partition coefficient (Wildman–Crippen LogP) is 2.08. The Morgan fingerprint density at radius 3 is 2.74 bits per heavy atom. The van der Waals surface area contributed by atoms with Crippen LogP contribution in [-0.4, -0.2) is 58.3 Å². The first-order valence-electron chi connectivity index (χ1n) is 10.4. The van der Waals surface area contributed by atoms with Crippen molar-refractivity contribution in [3.8, 4) is 34.3 Å². The van der Waals surface area contributed by atoms with Gasteiger partial charge in [-0.3, -0.25) is 4.79 Å². The van der Waals surface area contributed by atoms with Gasteiger partial charge in [0.25, 0.3) is 5.91 Å². The quantitative estimate of drug-likeness (QED) is 0.269. The van der Waals surface area contributed by atoms with Crippen molar-refractivity contribution in [2.24, 2.45) is 5.10 Å². The van der Waals surface area contributed by atoms with Gasteiger partial charge in [-0.15, -0.1) is 5.10 Å². The number of nitrogens with two attached hydrogens (primary N) is 1. The Balaban J connectivity index is 1.69. The number of ether oxygens (including phenoxy) is 3. The van der Waals surface area contributed by atoms with Crippen molar-refractivity contribution in [2.45, 2.75) is 6.92 Å². The van der Waals surface area contributed by atoms with Crippen LogP contribution in [0.1, 0.15) is 23.0 Å². The van der Waals surface area contributed by atoms with Gasteiger partial charge in [-0.25, -0.2) is 10.1 Å². The maximum atomic E-state index is 13.1. The molecular weight excluding hydrogens is 456 g/mol. The standard InChI is InChI=1S/C22H22N8O5/c1-4-34-16-7-5-6-13(10-16)19-18(25-29-30(19)21-20(23)27-35-28-21)22(31)26-24-12-14-11-15(32-2)8-9-17(14)33-3/h5-12H,4H2,1-3H3,(H2,23,27)(H,26,31)/b24-12+. The molecule has 0 radical (unpaired) electrons. The van der Waals surface area contributed by atoms with Crippen LogP contribution in [0.25, 0.3) is 17.1 Å². The van der Waals surface area contributed by atoms with Gasteiger partial charge in [0.15, 0.2) is 5.69 Å². The number of nitrogens with one attached hydrogen (secondary N) is 1. The van der Waals surface area contributed by atoms with Crippen molar-refractivity contribution in [2.75, 3.05) is 26.6 Å². The van der Waals surface area contributed by atoms with Crippen LogP contribution in [0.15, 0.2) is 52.2 Å². The minimum Gasteiger partial charge on any atom is -0.497 e. The Morgan fingerprint density at radius 2 is 2.03 bits per heavy atom. The van der Waals surface area contributed by atoms with Gasteiger partial charge in [-0.05, 0) is 47.6 Å². The second-order valence-corrected chi connectivity index (χ2v) is 6.94. The molecule has 4 aromatic rings. The normalized spacial score (nSPS) is 10.9. The molecular formula is C22H22N8O5. The first kappa shape index (κ1) is 23.2. The second-order valence-electron chi connectivity index (χ2n) is 6.94. The van der Waals surface area contributed by atoms with Crippen LogP contribution >= 0.6 is 0 Å². The van der Waals surface area contributed by atoms with E-state index in [1.165, 1.54) is 18.0 Å². The summed E-state index contributed by atoms with van der Waals surface area (Å²) in [6.45, 7) is 2.34. The Hall–Kier alpha value is -4.94. The average molecular weight is 478 g/mol. The van der Waals surface area contributed by atoms with E-state index < -0.39 is 5.91 Å². The van der Waals surface area contributed by atoms with Crippen molar-refractivity contribution in [3.63, 3.8) is 0 Å². The average Bonchev–Trinajstić information content (AvgIpc) is 3.50. The molecule has 0 saturated heterocycles. The number of carbonyl (C=O) groups excluding carboxylic acids is 1. The van der Waals surface area contributed by atoms with E-state index in [-0.39, 0.29) is 17.3 Å². The summed E-state index contributed by atoms with van der Waals surface area (Å²) in [5.41, 5.74) is 9.74. The Kier molecular flexibility index (Phi) is 6.86. The maximum absolute atomic E-state index is 13.1. The highest BCUT2D eigenvalue weighted by molar-refractivity contribution is 5.99. The van der Waals surface area contributed by atoms with Gasteiger partial charge in [0.2, 0.25) is 11.6 Å². The summed E-state index contributed by atoms with van der Waals surface area (Å²) in [4.78, 5) is 13.1. The molecule has 0 saturated carbocycles. The molecule has 2 heterocycles. The Labute approximate surface area is 199 Å². The van der Waals surface area contributed by atoms with Crippen molar-refractivity contribution < 1.29 is 23.6 Å². The Morgan fingerprint density at radius 1 is 1.17 bits per heavy atom. The number of methoxy groups -OCH3 is 2. The first-order chi connectivity index (χ1) is 17.0. The molecule has 0 spiro atoms. The fraction of sp³-hybridized carbons (Fsp3) is 0.182. The van der Waals surface area contributed by atoms with Crippen LogP contribution in [0.4, 0.5) is 5.82 Å². The van der Waals surface area contributed by atoms with Crippen molar-refractivity contribution in [1.29, 1.82) is 0 Å². The lowest BCUT2D eigenvalue weighted by atomic mass is 10.1. The summed E-state index contributed by atoms with van der Waals surface area (Å²) < 4.78 is 22.1. The van der Waals surface area contributed by atoms with Crippen LogP contribution in [0.3, 0.4) is 0 Å². The van der Waals surface area contributed by atoms with Crippen LogP contribution in [-0.2, 0) is 0 Å². The molecule has 2 aromatic carbocycles. The van der Waals surface area contributed by atoms with E-state index in [1.54, 1.807) is 49.6 Å². The number of hydrogen-bond acceptors (Lipinski definition) is 11. The van der Waals surface area contributed by atoms with Gasteiger partial charge in [-0.1, -0.05) is 17.3 Å². The van der Waals surface area contributed by atoms with E-state index >= 15 is 0 Å². The molecule has 0 unspecified atom stereocenters. The highest BCUT2D eigenvalue weighted by Crippen LogP contribution is 2.29. The largest absolute Gasteiger partial charge is 0.497 e. The molecule has 0 aliphatic rings. The van der Waals surface area contributed by atoms with Gasteiger partial charge in [-0.2, -0.15) is 9.78 Å². The number of rotatable bonds is 9. The van der Waals surface area contributed by atoms with E-state index in [1.807, 2.05) is 6.92 Å². The van der Waals surface area contributed by atoms with Crippen molar-refractivity contribution in [1.82, 2.24) is 30.7 Å². The lowest BCUT2D eigenvalue weighted by Gasteiger charge is -2.08. The third-order valence-corrected chi connectivity index (χ3v) is 4.81. The molecule has 3 N–H and O–H groups in total. The molecule has 1 amide bonds. The van der Waals surface area contributed by atoms with E-state index in [0.29, 0.717) is 40.7 Å². The molecule has 0 aliphatic heterocycles. The molecule has 180 valence electrons. The number of nitrogen functional groups attached to an aromatic ring is 1. The second kappa shape index (κ2) is 10.3. The van der Waals surface area contributed by atoms with E-state index in [4.69, 9.17) is 24.6 Å². The smallest absolute Gasteiger partial charge is 0.294 e. The molecule has 13 heteroatoms. The van der Waals surface area contributed by atoms with Crippen LogP contribution < -0.4 is 25.4 Å². The third kappa shape index (κ3) is 4.88. The number of amides is 1. The molecule has 2 aromatic heterocycles. The SMILES string of the molecule is CCOc1cccc(-c2c(C(=O)N/N=C/c3cc(OC)ccc3OC)nnn2-c2nonc2N)c1. The summed E-state index contributed by atoms with van der Waals surface area (Å²) in [5, 5.41) is 19.5. The van der Waals surface area contributed by atoms with Gasteiger partial charge < -0.3 is 19.9 Å². The summed E-state index contributed by atoms with van der Waals surface area (Å²) in [6, 6.07) is 12.3. The zero-order valence-corrected chi connectivity index (χ0v) is 19.1. The number of hydrogen-bond donors (Lipinski definition) is 2. The highest BCUT2D eigenvalue weighted by atomic mass is 16.6. The van der Waals surface area contributed by atoms with Gasteiger partial charge in [0.05, 0.1) is 27.0 Å². The first-order valence-corrected chi connectivity index (χ1v) is 10.4. The fourth-order valence-corrected chi connectivity index (χ4v) is 3.23. The van der Waals surface area contributed by atoms with E-state index in [0.717, 1.165) is 0 Å². The topological polar surface area (TPSA) is 165 Å². The van der Waals surface area contributed by atoms with E-state index in [2.05, 4.69) is 31.2 Å². The monoisotopic (exact) mass is 478 g/mol. The maximum Gasteiger partial charge on any atom is 0.294 e. The van der Waals surface area contributed by atoms with Gasteiger partial charge in [0.1, 0.15) is 22.9 Å².